The minimum Gasteiger partial charge on any atom is -0.276 e. The van der Waals surface area contributed by atoms with Gasteiger partial charge in [-0.15, -0.1) is 0 Å². The lowest BCUT2D eigenvalue weighted by Gasteiger charge is -2.28. The normalized spacial score (nSPS) is 17.8. The highest BCUT2D eigenvalue weighted by atomic mass is 35.5. The number of allylic oxidation sites excluding steroid dienone is 1. The van der Waals surface area contributed by atoms with Gasteiger partial charge in [-0.2, -0.15) is 5.10 Å². The van der Waals surface area contributed by atoms with Gasteiger partial charge in [-0.1, -0.05) is 29.8 Å². The zero-order chi connectivity index (χ0) is 16.6. The SMILES string of the molecule is CC1=NN(C)C=C(c2ccc(Cl)cc2)C1c1ccc(F)cc1F. The first-order valence-corrected chi connectivity index (χ1v) is 7.54. The van der Waals surface area contributed by atoms with Crippen LogP contribution >= 0.6 is 11.6 Å². The maximum Gasteiger partial charge on any atom is 0.130 e. The van der Waals surface area contributed by atoms with Crippen molar-refractivity contribution < 1.29 is 8.78 Å². The first-order valence-electron chi connectivity index (χ1n) is 7.16. The van der Waals surface area contributed by atoms with E-state index in [9.17, 15) is 8.78 Å². The third-order valence-corrected chi connectivity index (χ3v) is 4.07. The van der Waals surface area contributed by atoms with E-state index in [1.165, 1.54) is 12.1 Å². The van der Waals surface area contributed by atoms with Crippen molar-refractivity contribution in [1.82, 2.24) is 5.01 Å². The van der Waals surface area contributed by atoms with Gasteiger partial charge < -0.3 is 0 Å². The smallest absolute Gasteiger partial charge is 0.130 e. The molecule has 118 valence electrons. The van der Waals surface area contributed by atoms with Crippen molar-refractivity contribution in [2.45, 2.75) is 12.8 Å². The molecule has 1 atom stereocenters. The summed E-state index contributed by atoms with van der Waals surface area (Å²) in [7, 11) is 1.82. The van der Waals surface area contributed by atoms with Crippen molar-refractivity contribution in [3.8, 4) is 0 Å². The van der Waals surface area contributed by atoms with Crippen molar-refractivity contribution in [3.63, 3.8) is 0 Å². The number of hydrogen-bond acceptors (Lipinski definition) is 2. The van der Waals surface area contributed by atoms with Crippen LogP contribution in [-0.4, -0.2) is 17.8 Å². The van der Waals surface area contributed by atoms with E-state index in [1.54, 1.807) is 17.1 Å². The molecule has 2 aromatic rings. The highest BCUT2D eigenvalue weighted by molar-refractivity contribution is 6.30. The number of hydrazone groups is 1. The minimum absolute atomic E-state index is 0.368. The van der Waals surface area contributed by atoms with E-state index in [0.29, 0.717) is 10.6 Å². The molecule has 1 aliphatic heterocycles. The van der Waals surface area contributed by atoms with Crippen LogP contribution in [0.4, 0.5) is 8.78 Å². The zero-order valence-electron chi connectivity index (χ0n) is 12.7. The second-order valence-corrected chi connectivity index (χ2v) is 5.94. The van der Waals surface area contributed by atoms with E-state index in [-0.39, 0.29) is 5.92 Å². The standard InChI is InChI=1S/C18H15ClF2N2/c1-11-18(15-8-7-14(20)9-17(15)21)16(10-23(2)22-11)12-3-5-13(19)6-4-12/h3-10,18H,1-2H3. The molecule has 0 spiro atoms. The Balaban J connectivity index is 2.12. The van der Waals surface area contributed by atoms with Crippen LogP contribution in [0.25, 0.3) is 5.57 Å². The van der Waals surface area contributed by atoms with Crippen molar-refractivity contribution in [2.24, 2.45) is 5.10 Å². The largest absolute Gasteiger partial charge is 0.276 e. The van der Waals surface area contributed by atoms with Crippen LogP contribution in [-0.2, 0) is 0 Å². The Morgan fingerprint density at radius 1 is 1.09 bits per heavy atom. The van der Waals surface area contributed by atoms with Gasteiger partial charge in [-0.05, 0) is 36.3 Å². The Morgan fingerprint density at radius 2 is 1.78 bits per heavy atom. The molecule has 0 saturated heterocycles. The van der Waals surface area contributed by atoms with Crippen LogP contribution in [0, 0.1) is 11.6 Å². The number of benzene rings is 2. The van der Waals surface area contributed by atoms with E-state index in [2.05, 4.69) is 5.10 Å². The van der Waals surface area contributed by atoms with Crippen LogP contribution in [0.15, 0.2) is 53.8 Å². The van der Waals surface area contributed by atoms with E-state index in [0.717, 1.165) is 22.9 Å². The monoisotopic (exact) mass is 332 g/mol. The average molecular weight is 333 g/mol. The first-order chi connectivity index (χ1) is 11.0. The van der Waals surface area contributed by atoms with E-state index in [1.807, 2.05) is 32.3 Å². The number of halogens is 3. The molecule has 0 N–H and O–H groups in total. The summed E-state index contributed by atoms with van der Waals surface area (Å²) in [6.45, 7) is 1.84. The van der Waals surface area contributed by atoms with Gasteiger partial charge in [0.15, 0.2) is 0 Å². The van der Waals surface area contributed by atoms with Gasteiger partial charge in [-0.3, -0.25) is 5.01 Å². The lowest BCUT2D eigenvalue weighted by atomic mass is 9.83. The average Bonchev–Trinajstić information content (AvgIpc) is 2.48. The van der Waals surface area contributed by atoms with Crippen molar-refractivity contribution in [1.29, 1.82) is 0 Å². The molecule has 0 fully saturated rings. The maximum atomic E-state index is 14.3. The first kappa shape index (κ1) is 15.7. The third kappa shape index (κ3) is 3.13. The summed E-state index contributed by atoms with van der Waals surface area (Å²) in [6, 6.07) is 11.0. The van der Waals surface area contributed by atoms with Crippen LogP contribution in [0.3, 0.4) is 0 Å². The summed E-state index contributed by atoms with van der Waals surface area (Å²) >= 11 is 5.95. The number of rotatable bonds is 2. The number of hydrogen-bond donors (Lipinski definition) is 0. The summed E-state index contributed by atoms with van der Waals surface area (Å²) in [5, 5.41) is 6.71. The predicted octanol–water partition coefficient (Wildman–Crippen LogP) is 5.06. The lowest BCUT2D eigenvalue weighted by Crippen LogP contribution is -2.22. The molecular formula is C18H15ClF2N2. The van der Waals surface area contributed by atoms with Crippen LogP contribution in [0.2, 0.25) is 5.02 Å². The molecule has 1 heterocycles. The van der Waals surface area contributed by atoms with Crippen molar-refractivity contribution in [2.75, 3.05) is 7.05 Å². The molecule has 0 bridgehead atoms. The minimum atomic E-state index is -0.592. The molecule has 2 aromatic carbocycles. The molecule has 5 heteroatoms. The summed E-state index contributed by atoms with van der Waals surface area (Å²) in [4.78, 5) is 0. The number of nitrogens with zero attached hydrogens (tertiary/aromatic N) is 2. The predicted molar refractivity (Wildman–Crippen MR) is 89.4 cm³/mol. The van der Waals surface area contributed by atoms with Gasteiger partial charge in [0.2, 0.25) is 0 Å². The van der Waals surface area contributed by atoms with Crippen LogP contribution in [0.1, 0.15) is 24.0 Å². The molecule has 2 nitrogen and oxygen atoms in total. The molecule has 3 rings (SSSR count). The lowest BCUT2D eigenvalue weighted by molar-refractivity contribution is 0.479. The highest BCUT2D eigenvalue weighted by Gasteiger charge is 2.28. The zero-order valence-corrected chi connectivity index (χ0v) is 13.5. The van der Waals surface area contributed by atoms with E-state index >= 15 is 0 Å². The Hall–Kier alpha value is -2.20. The van der Waals surface area contributed by atoms with Crippen LogP contribution < -0.4 is 0 Å². The van der Waals surface area contributed by atoms with Crippen molar-refractivity contribution >= 4 is 22.9 Å². The molecule has 0 aliphatic carbocycles. The molecule has 0 aromatic heterocycles. The van der Waals surface area contributed by atoms with Crippen LogP contribution in [0.5, 0.6) is 0 Å². The van der Waals surface area contributed by atoms with Gasteiger partial charge in [0.05, 0.1) is 5.92 Å². The summed E-state index contributed by atoms with van der Waals surface area (Å²) < 4.78 is 27.5. The van der Waals surface area contributed by atoms with Gasteiger partial charge in [0.1, 0.15) is 11.6 Å². The van der Waals surface area contributed by atoms with Gasteiger partial charge in [-0.25, -0.2) is 8.78 Å². The highest BCUT2D eigenvalue weighted by Crippen LogP contribution is 2.37. The fourth-order valence-electron chi connectivity index (χ4n) is 2.85. The Morgan fingerprint density at radius 3 is 2.43 bits per heavy atom. The van der Waals surface area contributed by atoms with Gasteiger partial charge >= 0.3 is 0 Å². The molecule has 0 radical (unpaired) electrons. The fraction of sp³-hybridized carbons (Fsp3) is 0.167. The Bertz CT molecular complexity index is 797. The quantitative estimate of drug-likeness (QED) is 0.750. The summed E-state index contributed by atoms with van der Waals surface area (Å²) in [6.07, 6.45) is 1.85. The molecule has 1 aliphatic rings. The molecule has 0 amide bonds. The molecule has 1 unspecified atom stereocenters. The Labute approximate surface area is 138 Å². The summed E-state index contributed by atoms with van der Waals surface area (Å²) in [5.74, 6) is -1.53. The second kappa shape index (κ2) is 6.13. The molecular weight excluding hydrogens is 318 g/mol. The third-order valence-electron chi connectivity index (χ3n) is 3.82. The van der Waals surface area contributed by atoms with Crippen molar-refractivity contribution in [3.05, 3.63) is 76.4 Å². The van der Waals surface area contributed by atoms with E-state index < -0.39 is 11.6 Å². The van der Waals surface area contributed by atoms with Gasteiger partial charge in [0.25, 0.3) is 0 Å². The van der Waals surface area contributed by atoms with E-state index in [4.69, 9.17) is 11.6 Å². The van der Waals surface area contributed by atoms with Gasteiger partial charge in [0, 0.05) is 35.6 Å². The summed E-state index contributed by atoms with van der Waals surface area (Å²) in [5.41, 5.74) is 2.96. The molecule has 23 heavy (non-hydrogen) atoms. The second-order valence-electron chi connectivity index (χ2n) is 5.51. The molecule has 0 saturated carbocycles. The Kier molecular flexibility index (Phi) is 4.18. The topological polar surface area (TPSA) is 15.6 Å². The fourth-order valence-corrected chi connectivity index (χ4v) is 2.97. The maximum absolute atomic E-state index is 14.3.